The summed E-state index contributed by atoms with van der Waals surface area (Å²) in [4.78, 5) is 0. The molecule has 0 saturated carbocycles. The number of halogens is 1. The van der Waals surface area contributed by atoms with Gasteiger partial charge >= 0.3 is 0 Å². The Morgan fingerprint density at radius 2 is 1.91 bits per heavy atom. The number of rotatable bonds is 5. The number of aromatic nitrogens is 3. The zero-order chi connectivity index (χ0) is 16.2. The van der Waals surface area contributed by atoms with Crippen LogP contribution in [0.5, 0.6) is 0 Å². The van der Waals surface area contributed by atoms with Crippen LogP contribution in [0.3, 0.4) is 0 Å². The second-order valence-electron chi connectivity index (χ2n) is 5.31. The SMILES string of the molecule is CCn1c(SCc2cccc(C)c2)nnc1-c1ccccc1Cl. The van der Waals surface area contributed by atoms with Crippen LogP contribution in [-0.4, -0.2) is 14.8 Å². The summed E-state index contributed by atoms with van der Waals surface area (Å²) in [7, 11) is 0. The molecule has 3 nitrogen and oxygen atoms in total. The minimum atomic E-state index is 0.699. The number of hydrogen-bond donors (Lipinski definition) is 0. The molecule has 0 atom stereocenters. The van der Waals surface area contributed by atoms with Crippen molar-refractivity contribution in [2.24, 2.45) is 0 Å². The summed E-state index contributed by atoms with van der Waals surface area (Å²) in [6, 6.07) is 16.3. The molecule has 0 fully saturated rings. The van der Waals surface area contributed by atoms with E-state index in [0.29, 0.717) is 5.02 Å². The summed E-state index contributed by atoms with van der Waals surface area (Å²) in [5.41, 5.74) is 3.49. The molecule has 0 saturated heterocycles. The number of aryl methyl sites for hydroxylation is 1. The van der Waals surface area contributed by atoms with E-state index in [-0.39, 0.29) is 0 Å². The first kappa shape index (κ1) is 16.1. The van der Waals surface area contributed by atoms with Crippen LogP contribution in [0, 0.1) is 6.92 Å². The topological polar surface area (TPSA) is 30.7 Å². The second kappa shape index (κ2) is 7.20. The number of nitrogens with zero attached hydrogens (tertiary/aromatic N) is 3. The Labute approximate surface area is 145 Å². The van der Waals surface area contributed by atoms with Crippen molar-refractivity contribution in [3.63, 3.8) is 0 Å². The summed E-state index contributed by atoms with van der Waals surface area (Å²) in [6.07, 6.45) is 0. The molecule has 0 aliphatic heterocycles. The quantitative estimate of drug-likeness (QED) is 0.595. The minimum absolute atomic E-state index is 0.699. The van der Waals surface area contributed by atoms with Gasteiger partial charge in [0.05, 0.1) is 5.02 Å². The third kappa shape index (κ3) is 3.59. The van der Waals surface area contributed by atoms with Crippen molar-refractivity contribution in [2.45, 2.75) is 31.3 Å². The third-order valence-corrected chi connectivity index (χ3v) is 4.97. The molecule has 0 amide bonds. The molecule has 1 aromatic heterocycles. The fourth-order valence-electron chi connectivity index (χ4n) is 2.47. The van der Waals surface area contributed by atoms with Gasteiger partial charge in [0.25, 0.3) is 0 Å². The number of benzene rings is 2. The number of hydrogen-bond acceptors (Lipinski definition) is 3. The van der Waals surface area contributed by atoms with Crippen LogP contribution in [0.4, 0.5) is 0 Å². The molecular formula is C18H18ClN3S. The van der Waals surface area contributed by atoms with Crippen LogP contribution in [0.2, 0.25) is 5.02 Å². The van der Waals surface area contributed by atoms with Crippen LogP contribution >= 0.6 is 23.4 Å². The van der Waals surface area contributed by atoms with Crippen molar-refractivity contribution in [2.75, 3.05) is 0 Å². The molecule has 118 valence electrons. The molecule has 0 aliphatic rings. The summed E-state index contributed by atoms with van der Waals surface area (Å²) < 4.78 is 2.11. The van der Waals surface area contributed by atoms with Gasteiger partial charge in [-0.3, -0.25) is 0 Å². The van der Waals surface area contributed by atoms with Gasteiger partial charge < -0.3 is 4.57 Å². The Morgan fingerprint density at radius 1 is 1.09 bits per heavy atom. The zero-order valence-electron chi connectivity index (χ0n) is 13.2. The largest absolute Gasteiger partial charge is 0.302 e. The molecule has 0 aliphatic carbocycles. The van der Waals surface area contributed by atoms with E-state index >= 15 is 0 Å². The molecular weight excluding hydrogens is 326 g/mol. The Hall–Kier alpha value is -1.78. The van der Waals surface area contributed by atoms with Crippen LogP contribution in [0.25, 0.3) is 11.4 Å². The van der Waals surface area contributed by atoms with Crippen molar-refractivity contribution < 1.29 is 0 Å². The first-order chi connectivity index (χ1) is 11.2. The van der Waals surface area contributed by atoms with Crippen molar-refractivity contribution in [3.8, 4) is 11.4 Å². The standard InChI is InChI=1S/C18H18ClN3S/c1-3-22-17(15-9-4-5-10-16(15)19)20-21-18(22)23-12-14-8-6-7-13(2)11-14/h4-11H,3,12H2,1-2H3. The molecule has 3 rings (SSSR count). The smallest absolute Gasteiger partial charge is 0.191 e. The number of thioether (sulfide) groups is 1. The van der Waals surface area contributed by atoms with Gasteiger partial charge in [-0.2, -0.15) is 0 Å². The Morgan fingerprint density at radius 3 is 2.65 bits per heavy atom. The van der Waals surface area contributed by atoms with Gasteiger partial charge in [-0.15, -0.1) is 10.2 Å². The van der Waals surface area contributed by atoms with Gasteiger partial charge in [-0.25, -0.2) is 0 Å². The third-order valence-electron chi connectivity index (χ3n) is 3.60. The van der Waals surface area contributed by atoms with Crippen molar-refractivity contribution >= 4 is 23.4 Å². The maximum atomic E-state index is 6.30. The van der Waals surface area contributed by atoms with Crippen LogP contribution < -0.4 is 0 Å². The molecule has 0 bridgehead atoms. The lowest BCUT2D eigenvalue weighted by molar-refractivity contribution is 0.687. The maximum absolute atomic E-state index is 6.30. The Kier molecular flexibility index (Phi) is 5.03. The van der Waals surface area contributed by atoms with Crippen molar-refractivity contribution in [1.82, 2.24) is 14.8 Å². The highest BCUT2D eigenvalue weighted by Gasteiger charge is 2.15. The monoisotopic (exact) mass is 343 g/mol. The molecule has 0 spiro atoms. The van der Waals surface area contributed by atoms with Crippen molar-refractivity contribution in [3.05, 3.63) is 64.7 Å². The van der Waals surface area contributed by atoms with Gasteiger partial charge in [-0.05, 0) is 31.5 Å². The van der Waals surface area contributed by atoms with E-state index in [2.05, 4.69) is 52.9 Å². The summed E-state index contributed by atoms with van der Waals surface area (Å²) >= 11 is 8.00. The van der Waals surface area contributed by atoms with Gasteiger partial charge in [-0.1, -0.05) is 65.3 Å². The minimum Gasteiger partial charge on any atom is -0.302 e. The van der Waals surface area contributed by atoms with Crippen LogP contribution in [0.1, 0.15) is 18.1 Å². The summed E-state index contributed by atoms with van der Waals surface area (Å²) in [5, 5.41) is 10.3. The second-order valence-corrected chi connectivity index (χ2v) is 6.66. The molecule has 1 heterocycles. The predicted molar refractivity (Wildman–Crippen MR) is 96.9 cm³/mol. The van der Waals surface area contributed by atoms with Gasteiger partial charge in [0.2, 0.25) is 0 Å². The molecule has 0 N–H and O–H groups in total. The molecule has 5 heteroatoms. The van der Waals surface area contributed by atoms with Crippen LogP contribution in [-0.2, 0) is 12.3 Å². The fraction of sp³-hybridized carbons (Fsp3) is 0.222. The van der Waals surface area contributed by atoms with Gasteiger partial charge in [0.15, 0.2) is 11.0 Å². The van der Waals surface area contributed by atoms with E-state index in [1.165, 1.54) is 11.1 Å². The lowest BCUT2D eigenvalue weighted by Gasteiger charge is -2.08. The fourth-order valence-corrected chi connectivity index (χ4v) is 3.64. The van der Waals surface area contributed by atoms with E-state index < -0.39 is 0 Å². The highest BCUT2D eigenvalue weighted by molar-refractivity contribution is 7.98. The van der Waals surface area contributed by atoms with E-state index in [0.717, 1.165) is 28.8 Å². The van der Waals surface area contributed by atoms with Gasteiger partial charge in [0, 0.05) is 17.9 Å². The first-order valence-electron chi connectivity index (χ1n) is 7.55. The average Bonchev–Trinajstić information content (AvgIpc) is 2.96. The average molecular weight is 344 g/mol. The first-order valence-corrected chi connectivity index (χ1v) is 8.92. The molecule has 0 radical (unpaired) electrons. The molecule has 2 aromatic carbocycles. The highest BCUT2D eigenvalue weighted by Crippen LogP contribution is 2.30. The van der Waals surface area contributed by atoms with Gasteiger partial charge in [0.1, 0.15) is 0 Å². The Bertz CT molecular complexity index is 814. The van der Waals surface area contributed by atoms with Crippen LogP contribution in [0.15, 0.2) is 53.7 Å². The Balaban J connectivity index is 1.85. The summed E-state index contributed by atoms with van der Waals surface area (Å²) in [5.74, 6) is 1.70. The normalized spacial score (nSPS) is 10.9. The van der Waals surface area contributed by atoms with E-state index in [1.807, 2.05) is 24.3 Å². The predicted octanol–water partition coefficient (Wildman–Crippen LogP) is 5.22. The lowest BCUT2D eigenvalue weighted by Crippen LogP contribution is -2.00. The summed E-state index contributed by atoms with van der Waals surface area (Å²) in [6.45, 7) is 5.02. The molecule has 0 unspecified atom stereocenters. The van der Waals surface area contributed by atoms with E-state index in [4.69, 9.17) is 11.6 Å². The zero-order valence-corrected chi connectivity index (χ0v) is 14.7. The molecule has 3 aromatic rings. The lowest BCUT2D eigenvalue weighted by atomic mass is 10.2. The maximum Gasteiger partial charge on any atom is 0.191 e. The van der Waals surface area contributed by atoms with E-state index in [1.54, 1.807) is 11.8 Å². The van der Waals surface area contributed by atoms with E-state index in [9.17, 15) is 0 Å². The highest BCUT2D eigenvalue weighted by atomic mass is 35.5. The van der Waals surface area contributed by atoms with Crippen molar-refractivity contribution in [1.29, 1.82) is 0 Å². The molecule has 23 heavy (non-hydrogen) atoms.